The lowest BCUT2D eigenvalue weighted by molar-refractivity contribution is 0.387. The molecule has 0 bridgehead atoms. The highest BCUT2D eigenvalue weighted by Gasteiger charge is 2.07. The lowest BCUT2D eigenvalue weighted by Gasteiger charge is -2.18. The van der Waals surface area contributed by atoms with Crippen LogP contribution in [0.15, 0.2) is 24.3 Å². The van der Waals surface area contributed by atoms with Crippen LogP contribution in [0.4, 0.5) is 0 Å². The molecule has 1 N–H and O–H groups in total. The lowest BCUT2D eigenvalue weighted by atomic mass is 10.0. The zero-order chi connectivity index (χ0) is 14.1. The molecule has 2 heteroatoms. The highest BCUT2D eigenvalue weighted by molar-refractivity contribution is 5.24. The molecule has 1 atom stereocenters. The fourth-order valence-corrected chi connectivity index (χ4v) is 2.31. The lowest BCUT2D eigenvalue weighted by Crippen LogP contribution is -2.23. The van der Waals surface area contributed by atoms with Crippen LogP contribution in [0.25, 0.3) is 0 Å². The average Bonchev–Trinajstić information content (AvgIpc) is 2.43. The van der Waals surface area contributed by atoms with E-state index in [1.165, 1.54) is 30.5 Å². The van der Waals surface area contributed by atoms with Gasteiger partial charge >= 0.3 is 0 Å². The van der Waals surface area contributed by atoms with Crippen molar-refractivity contribution in [3.05, 3.63) is 35.4 Å². The predicted molar refractivity (Wildman–Crippen MR) is 84.6 cm³/mol. The summed E-state index contributed by atoms with van der Waals surface area (Å²) in [6.45, 7) is 6.76. The molecule has 0 fully saturated rings. The maximum absolute atomic E-state index is 3.68. The average molecular weight is 262 g/mol. The van der Waals surface area contributed by atoms with Gasteiger partial charge in [0.2, 0.25) is 0 Å². The van der Waals surface area contributed by atoms with Gasteiger partial charge in [-0.3, -0.25) is 0 Å². The molecular weight excluding hydrogens is 232 g/mol. The first-order valence-corrected chi connectivity index (χ1v) is 7.64. The maximum atomic E-state index is 3.68. The molecule has 0 aliphatic heterocycles. The van der Waals surface area contributed by atoms with E-state index in [9.17, 15) is 0 Å². The SMILES string of the molecule is CCc1ccc(C(CC)NCCCCN(C)C)cc1. The Hall–Kier alpha value is -0.860. The van der Waals surface area contributed by atoms with E-state index >= 15 is 0 Å². The van der Waals surface area contributed by atoms with Crippen molar-refractivity contribution < 1.29 is 0 Å². The minimum atomic E-state index is 0.505. The van der Waals surface area contributed by atoms with Crippen LogP contribution in [-0.2, 0) is 6.42 Å². The third kappa shape index (κ3) is 6.22. The summed E-state index contributed by atoms with van der Waals surface area (Å²) in [5.41, 5.74) is 2.84. The van der Waals surface area contributed by atoms with Crippen molar-refractivity contribution >= 4 is 0 Å². The van der Waals surface area contributed by atoms with Gasteiger partial charge in [-0.05, 0) is 64.0 Å². The molecule has 1 rings (SSSR count). The highest BCUT2D eigenvalue weighted by atomic mass is 15.0. The van der Waals surface area contributed by atoms with Crippen LogP contribution in [0.3, 0.4) is 0 Å². The van der Waals surface area contributed by atoms with E-state index in [-0.39, 0.29) is 0 Å². The summed E-state index contributed by atoms with van der Waals surface area (Å²) >= 11 is 0. The molecule has 0 spiro atoms. The molecule has 1 aromatic carbocycles. The summed E-state index contributed by atoms with van der Waals surface area (Å²) < 4.78 is 0. The maximum Gasteiger partial charge on any atom is 0.0317 e. The van der Waals surface area contributed by atoms with Gasteiger partial charge in [0.25, 0.3) is 0 Å². The van der Waals surface area contributed by atoms with E-state index in [1.54, 1.807) is 0 Å². The van der Waals surface area contributed by atoms with Gasteiger partial charge < -0.3 is 10.2 Å². The van der Waals surface area contributed by atoms with E-state index < -0.39 is 0 Å². The van der Waals surface area contributed by atoms with Crippen molar-refractivity contribution in [2.75, 3.05) is 27.2 Å². The molecule has 0 heterocycles. The summed E-state index contributed by atoms with van der Waals surface area (Å²) in [5.74, 6) is 0. The molecule has 0 saturated heterocycles. The van der Waals surface area contributed by atoms with Gasteiger partial charge in [0.1, 0.15) is 0 Å². The minimum Gasteiger partial charge on any atom is -0.310 e. The Morgan fingerprint density at radius 3 is 2.26 bits per heavy atom. The van der Waals surface area contributed by atoms with Crippen molar-refractivity contribution in [1.82, 2.24) is 10.2 Å². The molecule has 108 valence electrons. The Kier molecular flexibility index (Phi) is 7.76. The molecule has 0 radical (unpaired) electrons. The third-order valence-corrected chi connectivity index (χ3v) is 3.62. The first-order chi connectivity index (χ1) is 9.17. The normalized spacial score (nSPS) is 12.9. The second-order valence-electron chi connectivity index (χ2n) is 5.52. The van der Waals surface area contributed by atoms with Crippen molar-refractivity contribution in [1.29, 1.82) is 0 Å². The zero-order valence-corrected chi connectivity index (χ0v) is 13.1. The number of hydrogen-bond acceptors (Lipinski definition) is 2. The molecular formula is C17H30N2. The van der Waals surface area contributed by atoms with E-state index in [4.69, 9.17) is 0 Å². The molecule has 0 aliphatic carbocycles. The van der Waals surface area contributed by atoms with Crippen molar-refractivity contribution in [3.8, 4) is 0 Å². The molecule has 0 aliphatic rings. The summed E-state index contributed by atoms with van der Waals surface area (Å²) in [7, 11) is 4.27. The Morgan fingerprint density at radius 1 is 1.05 bits per heavy atom. The van der Waals surface area contributed by atoms with Gasteiger partial charge in [-0.1, -0.05) is 38.1 Å². The van der Waals surface area contributed by atoms with Gasteiger partial charge in [0.05, 0.1) is 0 Å². The molecule has 1 aromatic rings. The number of nitrogens with one attached hydrogen (secondary N) is 1. The molecule has 0 aromatic heterocycles. The standard InChI is InChI=1S/C17H30N2/c1-5-15-9-11-16(12-10-15)17(6-2)18-13-7-8-14-19(3)4/h9-12,17-18H,5-8,13-14H2,1-4H3. The summed E-state index contributed by atoms with van der Waals surface area (Å²) in [6.07, 6.45) is 4.79. The minimum absolute atomic E-state index is 0.505. The monoisotopic (exact) mass is 262 g/mol. The smallest absolute Gasteiger partial charge is 0.0317 e. The van der Waals surface area contributed by atoms with Crippen LogP contribution >= 0.6 is 0 Å². The highest BCUT2D eigenvalue weighted by Crippen LogP contribution is 2.17. The Bertz CT molecular complexity index is 330. The van der Waals surface area contributed by atoms with E-state index in [2.05, 4.69) is 62.4 Å². The number of nitrogens with zero attached hydrogens (tertiary/aromatic N) is 1. The fraction of sp³-hybridized carbons (Fsp3) is 0.647. The van der Waals surface area contributed by atoms with Crippen molar-refractivity contribution in [2.24, 2.45) is 0 Å². The second kappa shape index (κ2) is 9.11. The molecule has 19 heavy (non-hydrogen) atoms. The molecule has 2 nitrogen and oxygen atoms in total. The van der Waals surface area contributed by atoms with Crippen molar-refractivity contribution in [3.63, 3.8) is 0 Å². The molecule has 0 saturated carbocycles. The Morgan fingerprint density at radius 2 is 1.74 bits per heavy atom. The van der Waals surface area contributed by atoms with Crippen LogP contribution in [-0.4, -0.2) is 32.1 Å². The van der Waals surface area contributed by atoms with Crippen LogP contribution in [0.1, 0.15) is 50.3 Å². The number of benzene rings is 1. The van der Waals surface area contributed by atoms with Crippen LogP contribution in [0.5, 0.6) is 0 Å². The fourth-order valence-electron chi connectivity index (χ4n) is 2.31. The van der Waals surface area contributed by atoms with Gasteiger partial charge in [-0.15, -0.1) is 0 Å². The van der Waals surface area contributed by atoms with Crippen LogP contribution in [0, 0.1) is 0 Å². The summed E-state index contributed by atoms with van der Waals surface area (Å²) in [5, 5.41) is 3.68. The summed E-state index contributed by atoms with van der Waals surface area (Å²) in [4.78, 5) is 2.25. The second-order valence-corrected chi connectivity index (χ2v) is 5.52. The summed E-state index contributed by atoms with van der Waals surface area (Å²) in [6, 6.07) is 9.57. The third-order valence-electron chi connectivity index (χ3n) is 3.62. The van der Waals surface area contributed by atoms with E-state index in [0.29, 0.717) is 6.04 Å². The first kappa shape index (κ1) is 16.2. The van der Waals surface area contributed by atoms with Gasteiger partial charge in [-0.25, -0.2) is 0 Å². The Labute approximate surface area is 119 Å². The topological polar surface area (TPSA) is 15.3 Å². The molecule has 0 amide bonds. The Balaban J connectivity index is 2.35. The predicted octanol–water partition coefficient (Wildman–Crippen LogP) is 3.63. The van der Waals surface area contributed by atoms with E-state index in [1.807, 2.05) is 0 Å². The number of hydrogen-bond donors (Lipinski definition) is 1. The number of rotatable bonds is 9. The van der Waals surface area contributed by atoms with Crippen LogP contribution in [0.2, 0.25) is 0 Å². The number of aryl methyl sites for hydroxylation is 1. The quantitative estimate of drug-likeness (QED) is 0.684. The molecule has 1 unspecified atom stereocenters. The van der Waals surface area contributed by atoms with E-state index in [0.717, 1.165) is 19.4 Å². The van der Waals surface area contributed by atoms with Crippen molar-refractivity contribution in [2.45, 2.75) is 45.6 Å². The van der Waals surface area contributed by atoms with Gasteiger partial charge in [0, 0.05) is 6.04 Å². The first-order valence-electron chi connectivity index (χ1n) is 7.64. The zero-order valence-electron chi connectivity index (χ0n) is 13.1. The number of unbranched alkanes of at least 4 members (excludes halogenated alkanes) is 1. The van der Waals surface area contributed by atoms with Crippen LogP contribution < -0.4 is 5.32 Å². The van der Waals surface area contributed by atoms with Gasteiger partial charge in [-0.2, -0.15) is 0 Å². The van der Waals surface area contributed by atoms with Gasteiger partial charge in [0.15, 0.2) is 0 Å². The largest absolute Gasteiger partial charge is 0.310 e.